The van der Waals surface area contributed by atoms with Gasteiger partial charge in [-0.2, -0.15) is 0 Å². The van der Waals surface area contributed by atoms with Crippen LogP contribution in [0.4, 0.5) is 9.41 Å². The van der Waals surface area contributed by atoms with Crippen molar-refractivity contribution >= 4 is 0 Å². The van der Waals surface area contributed by atoms with E-state index in [1.54, 1.807) is 24.3 Å². The van der Waals surface area contributed by atoms with Gasteiger partial charge in [0.15, 0.2) is 0 Å². The van der Waals surface area contributed by atoms with Gasteiger partial charge in [-0.15, -0.1) is 0 Å². The van der Waals surface area contributed by atoms with Gasteiger partial charge in [-0.1, -0.05) is 18.2 Å². The van der Waals surface area contributed by atoms with E-state index in [2.05, 4.69) is 0 Å². The van der Waals surface area contributed by atoms with Gasteiger partial charge in [0, 0.05) is 19.8 Å². The molecule has 1 aromatic carbocycles. The fourth-order valence-corrected chi connectivity index (χ4v) is 0.428. The molecule has 0 aliphatic rings. The SMILES string of the molecule is F.F.Oc1ccccc1.[Os]. The zero-order valence-electron chi connectivity index (χ0n) is 5.00. The van der Waals surface area contributed by atoms with Crippen molar-refractivity contribution in [1.82, 2.24) is 0 Å². The summed E-state index contributed by atoms with van der Waals surface area (Å²) in [4.78, 5) is 0. The Morgan fingerprint density at radius 1 is 0.900 bits per heavy atom. The Bertz CT molecular complexity index is 146. The maximum atomic E-state index is 8.63. The van der Waals surface area contributed by atoms with Crippen LogP contribution in [0.1, 0.15) is 0 Å². The van der Waals surface area contributed by atoms with Gasteiger partial charge in [-0.3, -0.25) is 9.41 Å². The van der Waals surface area contributed by atoms with Gasteiger partial charge < -0.3 is 5.11 Å². The molecule has 0 saturated heterocycles. The van der Waals surface area contributed by atoms with E-state index in [0.29, 0.717) is 5.75 Å². The molecule has 0 bridgehead atoms. The third kappa shape index (κ3) is 5.65. The van der Waals surface area contributed by atoms with Crippen LogP contribution in [0.5, 0.6) is 5.75 Å². The second kappa shape index (κ2) is 8.52. The Hall–Kier alpha value is -0.484. The third-order valence-electron chi connectivity index (χ3n) is 0.756. The van der Waals surface area contributed by atoms with Gasteiger partial charge in [0.05, 0.1) is 0 Å². The van der Waals surface area contributed by atoms with Crippen molar-refractivity contribution in [2.75, 3.05) is 0 Å². The van der Waals surface area contributed by atoms with Crippen molar-refractivity contribution in [1.29, 1.82) is 0 Å². The number of hydrogen-bond acceptors (Lipinski definition) is 1. The summed E-state index contributed by atoms with van der Waals surface area (Å²) in [6.45, 7) is 0. The molecule has 60 valence electrons. The van der Waals surface area contributed by atoms with E-state index < -0.39 is 0 Å². The Morgan fingerprint density at radius 3 is 1.50 bits per heavy atom. The van der Waals surface area contributed by atoms with Crippen molar-refractivity contribution < 1.29 is 34.3 Å². The third-order valence-corrected chi connectivity index (χ3v) is 0.756. The molecular formula is C6H8F2OOs. The minimum Gasteiger partial charge on any atom is -0.508 e. The Balaban J connectivity index is -0.000000163. The molecule has 0 amide bonds. The fraction of sp³-hybridized carbons (Fsp3) is 0. The Labute approximate surface area is 70.9 Å². The van der Waals surface area contributed by atoms with E-state index >= 15 is 0 Å². The van der Waals surface area contributed by atoms with Gasteiger partial charge in [-0.05, 0) is 12.1 Å². The molecule has 10 heavy (non-hydrogen) atoms. The number of aromatic hydroxyl groups is 1. The average molecular weight is 324 g/mol. The van der Waals surface area contributed by atoms with Crippen LogP contribution in [0.2, 0.25) is 0 Å². The standard InChI is InChI=1S/C6H6O.2FH.Os/c7-6-4-2-1-3-5-6;;;/h1-5,7H;2*1H;. The summed E-state index contributed by atoms with van der Waals surface area (Å²) in [7, 11) is 0. The maximum Gasteiger partial charge on any atom is 0.115 e. The summed E-state index contributed by atoms with van der Waals surface area (Å²) in [5.41, 5.74) is 0. The molecular weight excluding hydrogens is 316 g/mol. The van der Waals surface area contributed by atoms with Gasteiger partial charge >= 0.3 is 0 Å². The molecule has 1 nitrogen and oxygen atoms in total. The van der Waals surface area contributed by atoms with Crippen molar-refractivity contribution in [3.8, 4) is 5.75 Å². The first-order valence-electron chi connectivity index (χ1n) is 2.13. The molecule has 0 saturated carbocycles. The van der Waals surface area contributed by atoms with Crippen LogP contribution in [0.3, 0.4) is 0 Å². The molecule has 1 N–H and O–H groups in total. The molecule has 0 unspecified atom stereocenters. The molecule has 1 aromatic rings. The molecule has 0 fully saturated rings. The Kier molecular flexibility index (Phi) is 13.8. The molecule has 4 heteroatoms. The van der Waals surface area contributed by atoms with Gasteiger partial charge in [0.25, 0.3) is 0 Å². The van der Waals surface area contributed by atoms with Crippen LogP contribution in [0.25, 0.3) is 0 Å². The van der Waals surface area contributed by atoms with E-state index in [1.165, 1.54) is 0 Å². The van der Waals surface area contributed by atoms with Crippen LogP contribution < -0.4 is 0 Å². The van der Waals surface area contributed by atoms with Crippen molar-refractivity contribution in [2.24, 2.45) is 0 Å². The Morgan fingerprint density at radius 2 is 1.30 bits per heavy atom. The second-order valence-corrected chi connectivity index (χ2v) is 1.34. The number of phenolic OH excluding ortho intramolecular Hbond substituents is 1. The van der Waals surface area contributed by atoms with E-state index in [0.717, 1.165) is 0 Å². The first-order chi connectivity index (χ1) is 3.39. The average Bonchev–Trinajstić information content (AvgIpc) is 1.69. The van der Waals surface area contributed by atoms with Crippen LogP contribution in [0, 0.1) is 0 Å². The number of phenols is 1. The molecule has 0 heterocycles. The molecule has 0 spiro atoms. The molecule has 0 radical (unpaired) electrons. The monoisotopic (exact) mass is 326 g/mol. The molecule has 0 aromatic heterocycles. The van der Waals surface area contributed by atoms with Crippen molar-refractivity contribution in [2.45, 2.75) is 0 Å². The van der Waals surface area contributed by atoms with Gasteiger partial charge in [0.1, 0.15) is 5.75 Å². The first-order valence-corrected chi connectivity index (χ1v) is 2.13. The number of benzene rings is 1. The molecule has 0 aliphatic heterocycles. The zero-order chi connectivity index (χ0) is 5.11. The van der Waals surface area contributed by atoms with Gasteiger partial charge in [0.2, 0.25) is 0 Å². The minimum absolute atomic E-state index is 0. The number of halogens is 2. The van der Waals surface area contributed by atoms with Crippen LogP contribution in [-0.2, 0) is 19.8 Å². The predicted octanol–water partition coefficient (Wildman–Crippen LogP) is 1.69. The smallest absolute Gasteiger partial charge is 0.115 e. The fourth-order valence-electron chi connectivity index (χ4n) is 0.428. The number of rotatable bonds is 0. The summed E-state index contributed by atoms with van der Waals surface area (Å²) >= 11 is 0. The normalized spacial score (nSPS) is 6.00. The van der Waals surface area contributed by atoms with Crippen molar-refractivity contribution in [3.63, 3.8) is 0 Å². The van der Waals surface area contributed by atoms with E-state index in [9.17, 15) is 0 Å². The summed E-state index contributed by atoms with van der Waals surface area (Å²) < 4.78 is 0. The van der Waals surface area contributed by atoms with Crippen LogP contribution in [0.15, 0.2) is 30.3 Å². The largest absolute Gasteiger partial charge is 0.508 e. The molecule has 0 atom stereocenters. The summed E-state index contributed by atoms with van der Waals surface area (Å²) in [6, 6.07) is 8.71. The van der Waals surface area contributed by atoms with Crippen LogP contribution in [-0.4, -0.2) is 5.11 Å². The number of hydrogen-bond donors (Lipinski definition) is 1. The minimum atomic E-state index is 0. The zero-order valence-corrected chi connectivity index (χ0v) is 7.54. The first kappa shape index (κ1) is 16.3. The van der Waals surface area contributed by atoms with Gasteiger partial charge in [-0.25, -0.2) is 0 Å². The van der Waals surface area contributed by atoms with E-state index in [-0.39, 0.29) is 29.2 Å². The summed E-state index contributed by atoms with van der Waals surface area (Å²) in [5.74, 6) is 0.322. The second-order valence-electron chi connectivity index (χ2n) is 1.34. The quantitative estimate of drug-likeness (QED) is 0.770. The topological polar surface area (TPSA) is 20.2 Å². The predicted molar refractivity (Wildman–Crippen MR) is 33.1 cm³/mol. The van der Waals surface area contributed by atoms with E-state index in [4.69, 9.17) is 5.11 Å². The summed E-state index contributed by atoms with van der Waals surface area (Å²) in [6.07, 6.45) is 0. The summed E-state index contributed by atoms with van der Waals surface area (Å²) in [5, 5.41) is 8.63. The molecule has 1 rings (SSSR count). The maximum absolute atomic E-state index is 8.63. The van der Waals surface area contributed by atoms with Crippen LogP contribution >= 0.6 is 0 Å². The number of para-hydroxylation sites is 1. The van der Waals surface area contributed by atoms with E-state index in [1.807, 2.05) is 6.07 Å². The molecule has 0 aliphatic carbocycles. The van der Waals surface area contributed by atoms with Crippen molar-refractivity contribution in [3.05, 3.63) is 30.3 Å².